The highest BCUT2D eigenvalue weighted by molar-refractivity contribution is 5.94. The number of Topliss-reactive ketones (excluding diaryl/α,β-unsaturated/α-hetero) is 1. The van der Waals surface area contributed by atoms with Gasteiger partial charge in [-0.3, -0.25) is 9.79 Å². The van der Waals surface area contributed by atoms with Gasteiger partial charge in [-0.1, -0.05) is 25.3 Å². The number of hydrogen-bond donors (Lipinski definition) is 0. The summed E-state index contributed by atoms with van der Waals surface area (Å²) in [5, 5.41) is 0. The van der Waals surface area contributed by atoms with Gasteiger partial charge >= 0.3 is 0 Å². The summed E-state index contributed by atoms with van der Waals surface area (Å²) in [6.07, 6.45) is 3.51. The van der Waals surface area contributed by atoms with Crippen LogP contribution in [0.5, 0.6) is 0 Å². The molecule has 1 unspecified atom stereocenters. The van der Waals surface area contributed by atoms with Crippen molar-refractivity contribution in [2.75, 3.05) is 0 Å². The topological polar surface area (TPSA) is 29.4 Å². The Morgan fingerprint density at radius 3 is 2.31 bits per heavy atom. The monoisotopic (exact) mass is 177 g/mol. The van der Waals surface area contributed by atoms with E-state index >= 15 is 0 Å². The second kappa shape index (κ2) is 5.25. The SMILES string of the molecule is C=C/C(=C\C)C(N=C)C(=C)C(C)=O. The Labute approximate surface area is 79.4 Å². The molecule has 0 saturated carbocycles. The van der Waals surface area contributed by atoms with Gasteiger partial charge in [0.1, 0.15) is 6.04 Å². The van der Waals surface area contributed by atoms with Gasteiger partial charge in [0.05, 0.1) is 0 Å². The summed E-state index contributed by atoms with van der Waals surface area (Å²) in [5.41, 5.74) is 1.30. The highest BCUT2D eigenvalue weighted by Crippen LogP contribution is 2.15. The Bertz CT molecular complexity index is 274. The third-order valence-electron chi connectivity index (χ3n) is 1.85. The van der Waals surface area contributed by atoms with E-state index in [4.69, 9.17) is 0 Å². The molecule has 0 spiro atoms. The predicted molar refractivity (Wildman–Crippen MR) is 57.1 cm³/mol. The van der Waals surface area contributed by atoms with Crippen LogP contribution in [0.4, 0.5) is 0 Å². The number of hydrogen-bond acceptors (Lipinski definition) is 2. The largest absolute Gasteiger partial charge is 0.295 e. The summed E-state index contributed by atoms with van der Waals surface area (Å²) in [6, 6.07) is -0.347. The lowest BCUT2D eigenvalue weighted by molar-refractivity contribution is -0.113. The first-order valence-corrected chi connectivity index (χ1v) is 4.02. The number of allylic oxidation sites excluding steroid dienone is 1. The summed E-state index contributed by atoms with van der Waals surface area (Å²) in [7, 11) is 0. The van der Waals surface area contributed by atoms with Gasteiger partial charge in [0.15, 0.2) is 5.78 Å². The molecule has 0 heterocycles. The number of rotatable bonds is 5. The van der Waals surface area contributed by atoms with Crippen LogP contribution < -0.4 is 0 Å². The molecule has 0 aliphatic carbocycles. The Hall–Kier alpha value is -1.44. The van der Waals surface area contributed by atoms with Crippen molar-refractivity contribution in [3.8, 4) is 0 Å². The van der Waals surface area contributed by atoms with Crippen LogP contribution >= 0.6 is 0 Å². The molecular weight excluding hydrogens is 162 g/mol. The maximum absolute atomic E-state index is 11.0. The molecule has 0 radical (unpaired) electrons. The molecule has 0 aliphatic rings. The second-order valence-corrected chi connectivity index (χ2v) is 2.66. The minimum Gasteiger partial charge on any atom is -0.295 e. The van der Waals surface area contributed by atoms with Gasteiger partial charge in [0.25, 0.3) is 0 Å². The standard InChI is InChI=1S/C11H15NO/c1-6-10(7-2)11(12-5)8(3)9(4)13/h6-7,11H,1,3,5H2,2,4H3/b10-7+. The van der Waals surface area contributed by atoms with E-state index in [-0.39, 0.29) is 11.8 Å². The number of carbonyl (C=O) groups excluding carboxylic acids is 1. The molecule has 0 aliphatic heterocycles. The number of nitrogens with zero attached hydrogens (tertiary/aromatic N) is 1. The van der Waals surface area contributed by atoms with Crippen LogP contribution in [0.2, 0.25) is 0 Å². The third-order valence-corrected chi connectivity index (χ3v) is 1.85. The number of aliphatic imine (C=N–C) groups is 1. The first-order chi connectivity index (χ1) is 6.08. The normalized spacial score (nSPS) is 13.2. The quantitative estimate of drug-likeness (QED) is 0.360. The van der Waals surface area contributed by atoms with Crippen LogP contribution in [0.15, 0.2) is 41.4 Å². The smallest absolute Gasteiger partial charge is 0.157 e. The minimum atomic E-state index is -0.347. The molecule has 0 rings (SSSR count). The zero-order valence-corrected chi connectivity index (χ0v) is 8.21. The Balaban J connectivity index is 4.90. The first-order valence-electron chi connectivity index (χ1n) is 4.02. The molecule has 0 bridgehead atoms. The maximum Gasteiger partial charge on any atom is 0.157 e. The Kier molecular flexibility index (Phi) is 4.67. The number of ketones is 1. The van der Waals surface area contributed by atoms with E-state index in [9.17, 15) is 4.79 Å². The van der Waals surface area contributed by atoms with Crippen LogP contribution in [0.1, 0.15) is 13.8 Å². The molecule has 70 valence electrons. The lowest BCUT2D eigenvalue weighted by Crippen LogP contribution is -2.14. The third kappa shape index (κ3) is 2.82. The molecule has 13 heavy (non-hydrogen) atoms. The van der Waals surface area contributed by atoms with Crippen molar-refractivity contribution >= 4 is 12.5 Å². The van der Waals surface area contributed by atoms with Gasteiger partial charge < -0.3 is 0 Å². The van der Waals surface area contributed by atoms with Crippen molar-refractivity contribution in [3.63, 3.8) is 0 Å². The predicted octanol–water partition coefficient (Wildman–Crippen LogP) is 2.33. The van der Waals surface area contributed by atoms with Crippen LogP contribution in [-0.2, 0) is 4.79 Å². The van der Waals surface area contributed by atoms with E-state index in [1.807, 2.05) is 13.0 Å². The van der Waals surface area contributed by atoms with E-state index in [1.165, 1.54) is 6.92 Å². The van der Waals surface area contributed by atoms with Gasteiger partial charge in [0.2, 0.25) is 0 Å². The summed E-state index contributed by atoms with van der Waals surface area (Å²) < 4.78 is 0. The lowest BCUT2D eigenvalue weighted by Gasteiger charge is -2.13. The Morgan fingerprint density at radius 2 is 2.08 bits per heavy atom. The van der Waals surface area contributed by atoms with Crippen LogP contribution in [-0.4, -0.2) is 18.5 Å². The zero-order chi connectivity index (χ0) is 10.4. The van der Waals surface area contributed by atoms with E-state index in [0.717, 1.165) is 5.57 Å². The van der Waals surface area contributed by atoms with E-state index in [0.29, 0.717) is 5.57 Å². The molecule has 0 saturated heterocycles. The average molecular weight is 177 g/mol. The second-order valence-electron chi connectivity index (χ2n) is 2.66. The highest BCUT2D eigenvalue weighted by atomic mass is 16.1. The molecule has 0 N–H and O–H groups in total. The fraction of sp³-hybridized carbons (Fsp3) is 0.273. The zero-order valence-electron chi connectivity index (χ0n) is 8.21. The van der Waals surface area contributed by atoms with E-state index < -0.39 is 0 Å². The summed E-state index contributed by atoms with van der Waals surface area (Å²) in [4.78, 5) is 14.9. The summed E-state index contributed by atoms with van der Waals surface area (Å²) >= 11 is 0. The molecule has 0 aromatic rings. The van der Waals surface area contributed by atoms with Crippen molar-refractivity contribution in [3.05, 3.63) is 36.5 Å². The fourth-order valence-electron chi connectivity index (χ4n) is 0.997. The van der Waals surface area contributed by atoms with Gasteiger partial charge in [0, 0.05) is 5.57 Å². The summed E-state index contributed by atoms with van der Waals surface area (Å²) in [6.45, 7) is 14.1. The summed E-state index contributed by atoms with van der Waals surface area (Å²) in [5.74, 6) is -0.0707. The molecule has 2 heteroatoms. The molecule has 1 atom stereocenters. The van der Waals surface area contributed by atoms with Gasteiger partial charge in [-0.15, -0.1) is 0 Å². The minimum absolute atomic E-state index is 0.0707. The molecule has 0 amide bonds. The molecule has 0 aromatic heterocycles. The molecule has 0 fully saturated rings. The van der Waals surface area contributed by atoms with E-state index in [1.54, 1.807) is 6.08 Å². The van der Waals surface area contributed by atoms with E-state index in [2.05, 4.69) is 24.9 Å². The van der Waals surface area contributed by atoms with Gasteiger partial charge in [-0.2, -0.15) is 0 Å². The maximum atomic E-state index is 11.0. The Morgan fingerprint density at radius 1 is 1.54 bits per heavy atom. The molecule has 2 nitrogen and oxygen atoms in total. The molecule has 0 aromatic carbocycles. The van der Waals surface area contributed by atoms with Crippen molar-refractivity contribution in [2.24, 2.45) is 4.99 Å². The molecular formula is C11H15NO. The van der Waals surface area contributed by atoms with Crippen LogP contribution in [0.3, 0.4) is 0 Å². The average Bonchev–Trinajstić information content (AvgIpc) is 2.12. The van der Waals surface area contributed by atoms with Crippen molar-refractivity contribution < 1.29 is 4.79 Å². The van der Waals surface area contributed by atoms with Crippen molar-refractivity contribution in [1.29, 1.82) is 0 Å². The van der Waals surface area contributed by atoms with Gasteiger partial charge in [-0.25, -0.2) is 0 Å². The highest BCUT2D eigenvalue weighted by Gasteiger charge is 2.15. The van der Waals surface area contributed by atoms with Crippen LogP contribution in [0, 0.1) is 0 Å². The van der Waals surface area contributed by atoms with Crippen molar-refractivity contribution in [2.45, 2.75) is 19.9 Å². The van der Waals surface area contributed by atoms with Crippen molar-refractivity contribution in [1.82, 2.24) is 0 Å². The lowest BCUT2D eigenvalue weighted by atomic mass is 9.98. The first kappa shape index (κ1) is 11.6. The van der Waals surface area contributed by atoms with Crippen LogP contribution in [0.25, 0.3) is 0 Å². The fourth-order valence-corrected chi connectivity index (χ4v) is 0.997. The van der Waals surface area contributed by atoms with Gasteiger partial charge in [-0.05, 0) is 26.1 Å². The number of carbonyl (C=O) groups is 1.